The molecule has 2 aliphatic heterocycles. The Morgan fingerprint density at radius 3 is 1.55 bits per heavy atom. The maximum absolute atomic E-state index is 12.9. The molecule has 0 amide bonds. The van der Waals surface area contributed by atoms with Crippen molar-refractivity contribution in [2.45, 2.75) is 210 Å². The highest BCUT2D eigenvalue weighted by molar-refractivity contribution is 5.69. The lowest BCUT2D eigenvalue weighted by molar-refractivity contribution is -0.332. The van der Waals surface area contributed by atoms with Gasteiger partial charge in [-0.15, -0.1) is 0 Å². The summed E-state index contributed by atoms with van der Waals surface area (Å²) in [5.41, 5.74) is 0. The summed E-state index contributed by atoms with van der Waals surface area (Å²) in [6, 6.07) is 0. The van der Waals surface area contributed by atoms with Crippen LogP contribution in [0, 0.1) is 0 Å². The first-order valence-corrected chi connectivity index (χ1v) is 24.5. The summed E-state index contributed by atoms with van der Waals surface area (Å²) in [6.45, 7) is 3.43. The molecule has 14 nitrogen and oxygen atoms in total. The van der Waals surface area contributed by atoms with Crippen LogP contribution in [0.25, 0.3) is 0 Å². The number of allylic oxidation sites excluding steroid dienone is 12. The average molecular weight is 923 g/mol. The van der Waals surface area contributed by atoms with E-state index in [0.29, 0.717) is 13.0 Å². The molecule has 0 spiro atoms. The van der Waals surface area contributed by atoms with Gasteiger partial charge in [-0.25, -0.2) is 0 Å². The number of esters is 1. The van der Waals surface area contributed by atoms with Crippen molar-refractivity contribution < 1.29 is 69.0 Å². The molecule has 65 heavy (non-hydrogen) atoms. The van der Waals surface area contributed by atoms with Crippen LogP contribution in [0.4, 0.5) is 0 Å². The summed E-state index contributed by atoms with van der Waals surface area (Å²) < 4.78 is 34.1. The van der Waals surface area contributed by atoms with E-state index in [2.05, 4.69) is 86.8 Å². The summed E-state index contributed by atoms with van der Waals surface area (Å²) in [7, 11) is 0. The number of carbonyl (C=O) groups is 1. The number of carbonyl (C=O) groups excluding carboxylic acids is 1. The monoisotopic (exact) mass is 923 g/mol. The largest absolute Gasteiger partial charge is 0.457 e. The summed E-state index contributed by atoms with van der Waals surface area (Å²) in [5, 5.41) is 71.9. The lowest BCUT2D eigenvalue weighted by atomic mass is 9.98. The van der Waals surface area contributed by atoms with Crippen LogP contribution in [0.2, 0.25) is 0 Å². The van der Waals surface area contributed by atoms with Crippen molar-refractivity contribution in [3.8, 4) is 0 Å². The minimum absolute atomic E-state index is 0.0360. The molecule has 14 heteroatoms. The molecule has 0 bridgehead atoms. The van der Waals surface area contributed by atoms with Crippen LogP contribution < -0.4 is 0 Å². The molecule has 2 heterocycles. The number of rotatable bonds is 37. The molecular weight excluding hydrogens is 837 g/mol. The van der Waals surface area contributed by atoms with Crippen molar-refractivity contribution in [3.05, 3.63) is 72.9 Å². The van der Waals surface area contributed by atoms with Crippen LogP contribution >= 0.6 is 0 Å². The third-order valence-corrected chi connectivity index (χ3v) is 11.2. The third-order valence-electron chi connectivity index (χ3n) is 11.2. The van der Waals surface area contributed by atoms with Crippen LogP contribution in [-0.2, 0) is 33.2 Å². The molecule has 0 aromatic heterocycles. The quantitative estimate of drug-likeness (QED) is 0.0196. The van der Waals surface area contributed by atoms with Gasteiger partial charge in [0.05, 0.1) is 26.4 Å². The second-order valence-corrected chi connectivity index (χ2v) is 16.9. The Bertz CT molecular complexity index is 1350. The van der Waals surface area contributed by atoms with Crippen LogP contribution in [0.3, 0.4) is 0 Å². The van der Waals surface area contributed by atoms with E-state index in [-0.39, 0.29) is 19.6 Å². The van der Waals surface area contributed by atoms with Crippen LogP contribution in [0.1, 0.15) is 142 Å². The van der Waals surface area contributed by atoms with Gasteiger partial charge in [-0.1, -0.05) is 145 Å². The molecule has 2 aliphatic rings. The van der Waals surface area contributed by atoms with E-state index in [1.165, 1.54) is 32.1 Å². The van der Waals surface area contributed by atoms with Gasteiger partial charge >= 0.3 is 5.97 Å². The SMILES string of the molecule is CC/C=C\C/C=C\C/C=C\C/C=C\C/C=C\C/C=C\CCCCCOCC(COC1OC(COC2OC(CO)C(O)C(O)C2O)C(O)C(O)C1O)OC(=O)CCCCCCCCCCC. The Morgan fingerprint density at radius 1 is 0.523 bits per heavy atom. The molecular formula is C51H86O14. The summed E-state index contributed by atoms with van der Waals surface area (Å²) in [5.74, 6) is -0.395. The molecule has 0 radical (unpaired) electrons. The van der Waals surface area contributed by atoms with Crippen LogP contribution in [0.15, 0.2) is 72.9 Å². The molecule has 2 fully saturated rings. The Morgan fingerprint density at radius 2 is 1.00 bits per heavy atom. The van der Waals surface area contributed by atoms with Gasteiger partial charge in [-0.2, -0.15) is 0 Å². The number of aliphatic hydroxyl groups excluding tert-OH is 7. The highest BCUT2D eigenvalue weighted by Gasteiger charge is 2.47. The van der Waals surface area contributed by atoms with Crippen molar-refractivity contribution in [1.29, 1.82) is 0 Å². The molecule has 0 aromatic carbocycles. The Balaban J connectivity index is 1.76. The highest BCUT2D eigenvalue weighted by atomic mass is 16.7. The predicted molar refractivity (Wildman–Crippen MR) is 252 cm³/mol. The van der Waals surface area contributed by atoms with Gasteiger partial charge in [0.2, 0.25) is 0 Å². The van der Waals surface area contributed by atoms with Crippen molar-refractivity contribution in [2.75, 3.05) is 33.0 Å². The van der Waals surface area contributed by atoms with Gasteiger partial charge < -0.3 is 64.2 Å². The molecule has 7 N–H and O–H groups in total. The second kappa shape index (κ2) is 38.4. The fourth-order valence-corrected chi connectivity index (χ4v) is 7.23. The van der Waals surface area contributed by atoms with Crippen LogP contribution in [0.5, 0.6) is 0 Å². The smallest absolute Gasteiger partial charge is 0.306 e. The standard InChI is InChI=1S/C51H86O14/c1-3-5-7-9-11-13-14-15-16-17-18-19-20-21-22-23-24-25-27-29-31-33-35-60-37-40(63-43(53)34-32-30-28-26-12-10-8-6-4-2)38-61-50-49(59)47(57)45(55)42(65-50)39-62-51-48(58)46(56)44(54)41(36-52)64-51/h5,7,11,13,15-16,18-19,21-22,24-25,40-42,44-52,54-59H,3-4,6,8-10,12,14,17,20,23,26-39H2,1-2H3/b7-5-,13-11-,16-15-,19-18-,22-21-,25-24-. The van der Waals surface area contributed by atoms with Gasteiger partial charge in [-0.3, -0.25) is 4.79 Å². The minimum atomic E-state index is -1.71. The van der Waals surface area contributed by atoms with Crippen molar-refractivity contribution >= 4 is 5.97 Å². The first-order chi connectivity index (χ1) is 31.6. The second-order valence-electron chi connectivity index (χ2n) is 16.9. The fourth-order valence-electron chi connectivity index (χ4n) is 7.23. The first kappa shape index (κ1) is 58.6. The third kappa shape index (κ3) is 26.5. The van der Waals surface area contributed by atoms with Gasteiger partial charge in [0, 0.05) is 13.0 Å². The Labute approximate surface area is 389 Å². The van der Waals surface area contributed by atoms with E-state index >= 15 is 0 Å². The number of hydrogen-bond acceptors (Lipinski definition) is 14. The molecule has 0 aliphatic carbocycles. The summed E-state index contributed by atoms with van der Waals surface area (Å²) in [4.78, 5) is 12.9. The molecule has 374 valence electrons. The highest BCUT2D eigenvalue weighted by Crippen LogP contribution is 2.26. The fraction of sp³-hybridized carbons (Fsp3) is 0.745. The van der Waals surface area contributed by atoms with Gasteiger partial charge in [-0.05, 0) is 64.2 Å². The lowest BCUT2D eigenvalue weighted by Gasteiger charge is -2.42. The van der Waals surface area contributed by atoms with Crippen molar-refractivity contribution in [2.24, 2.45) is 0 Å². The lowest BCUT2D eigenvalue weighted by Crippen LogP contribution is -2.61. The van der Waals surface area contributed by atoms with E-state index in [4.69, 9.17) is 28.4 Å². The normalized spacial score (nSPS) is 27.2. The zero-order valence-electron chi connectivity index (χ0n) is 39.4. The average Bonchev–Trinajstić information content (AvgIpc) is 3.30. The van der Waals surface area contributed by atoms with E-state index in [9.17, 15) is 40.5 Å². The Kier molecular flexibility index (Phi) is 34.6. The molecule has 0 aromatic rings. The maximum Gasteiger partial charge on any atom is 0.306 e. The van der Waals surface area contributed by atoms with E-state index in [1.807, 2.05) is 0 Å². The maximum atomic E-state index is 12.9. The zero-order valence-corrected chi connectivity index (χ0v) is 39.4. The first-order valence-electron chi connectivity index (χ1n) is 24.5. The van der Waals surface area contributed by atoms with E-state index in [0.717, 1.165) is 83.5 Å². The zero-order chi connectivity index (χ0) is 47.3. The van der Waals surface area contributed by atoms with Crippen molar-refractivity contribution in [1.82, 2.24) is 0 Å². The minimum Gasteiger partial charge on any atom is -0.457 e. The number of aliphatic hydroxyl groups is 7. The van der Waals surface area contributed by atoms with Crippen LogP contribution in [-0.4, -0.2) is 142 Å². The Hall–Kier alpha value is -2.57. The molecule has 11 atom stereocenters. The summed E-state index contributed by atoms with van der Waals surface area (Å²) in [6.07, 6.45) is 29.8. The number of hydrogen-bond donors (Lipinski definition) is 7. The predicted octanol–water partition coefficient (Wildman–Crippen LogP) is 6.73. The van der Waals surface area contributed by atoms with Gasteiger partial charge in [0.1, 0.15) is 54.9 Å². The van der Waals surface area contributed by atoms with E-state index < -0.39 is 86.7 Å². The number of unbranched alkanes of at least 4 members (excludes halogenated alkanes) is 11. The topological polar surface area (TPSA) is 214 Å². The molecule has 0 saturated carbocycles. The molecule has 2 saturated heterocycles. The molecule has 2 rings (SSSR count). The number of ether oxygens (including phenoxy) is 6. The van der Waals surface area contributed by atoms with Gasteiger partial charge in [0.25, 0.3) is 0 Å². The van der Waals surface area contributed by atoms with Crippen molar-refractivity contribution in [3.63, 3.8) is 0 Å². The van der Waals surface area contributed by atoms with Gasteiger partial charge in [0.15, 0.2) is 12.6 Å². The molecule has 11 unspecified atom stereocenters. The van der Waals surface area contributed by atoms with E-state index in [1.54, 1.807) is 0 Å². The summed E-state index contributed by atoms with van der Waals surface area (Å²) >= 11 is 0.